The minimum absolute atomic E-state index is 0.0895. The Hall–Kier alpha value is -0.120. The predicted octanol–water partition coefficient (Wildman–Crippen LogP) is 1.17. The molecule has 1 heterocycles. The lowest BCUT2D eigenvalue weighted by atomic mass is 9.99. The van der Waals surface area contributed by atoms with Crippen LogP contribution < -0.4 is 0 Å². The monoisotopic (exact) mass is 226 g/mol. The van der Waals surface area contributed by atoms with Crippen LogP contribution in [0, 0.1) is 5.92 Å². The van der Waals surface area contributed by atoms with Gasteiger partial charge in [0.1, 0.15) is 0 Å². The third-order valence-corrected chi connectivity index (χ3v) is 4.33. The number of hydrogen-bond acceptors (Lipinski definition) is 3. The summed E-state index contributed by atoms with van der Waals surface area (Å²) in [6, 6.07) is 0.592. The van der Waals surface area contributed by atoms with Crippen molar-refractivity contribution in [3.63, 3.8) is 0 Å². The molecule has 0 radical (unpaired) electrons. The number of nitrogens with zero attached hydrogens (tertiary/aromatic N) is 2. The van der Waals surface area contributed by atoms with Crippen molar-refractivity contribution in [2.45, 2.75) is 44.8 Å². The summed E-state index contributed by atoms with van der Waals surface area (Å²) in [5.74, 6) is 0.576. The van der Waals surface area contributed by atoms with Gasteiger partial charge < -0.3 is 10.0 Å². The quantitative estimate of drug-likeness (QED) is 0.782. The van der Waals surface area contributed by atoms with E-state index in [0.717, 1.165) is 26.2 Å². The van der Waals surface area contributed by atoms with E-state index in [0.29, 0.717) is 12.0 Å². The minimum atomic E-state index is -0.0895. The van der Waals surface area contributed by atoms with Gasteiger partial charge in [-0.3, -0.25) is 4.90 Å². The van der Waals surface area contributed by atoms with Gasteiger partial charge >= 0.3 is 0 Å². The highest BCUT2D eigenvalue weighted by Gasteiger charge is 2.28. The molecule has 1 aliphatic heterocycles. The first-order chi connectivity index (χ1) is 7.66. The molecule has 1 saturated heterocycles. The Kier molecular flexibility index (Phi) is 4.22. The van der Waals surface area contributed by atoms with Crippen LogP contribution in [0.5, 0.6) is 0 Å². The van der Waals surface area contributed by atoms with Crippen molar-refractivity contribution in [2.75, 3.05) is 33.2 Å². The topological polar surface area (TPSA) is 26.7 Å². The van der Waals surface area contributed by atoms with E-state index in [4.69, 9.17) is 0 Å². The molecule has 0 aromatic heterocycles. The van der Waals surface area contributed by atoms with Crippen LogP contribution in [0.3, 0.4) is 0 Å². The molecule has 0 aromatic carbocycles. The summed E-state index contributed by atoms with van der Waals surface area (Å²) >= 11 is 0. The standard InChI is InChI=1S/C13H26N2O/c1-11-9-14(2)7-8-15(11)10-13(16)12-5-3-4-6-12/h11-13,16H,3-10H2,1-2H3. The fraction of sp³-hybridized carbons (Fsp3) is 1.00. The second-order valence-corrected chi connectivity index (χ2v) is 5.72. The van der Waals surface area contributed by atoms with Gasteiger partial charge in [0, 0.05) is 32.2 Å². The van der Waals surface area contributed by atoms with E-state index in [2.05, 4.69) is 23.8 Å². The van der Waals surface area contributed by atoms with Gasteiger partial charge in [-0.25, -0.2) is 0 Å². The Morgan fingerprint density at radius 1 is 1.25 bits per heavy atom. The molecule has 3 heteroatoms. The Morgan fingerprint density at radius 3 is 2.56 bits per heavy atom. The van der Waals surface area contributed by atoms with Crippen LogP contribution in [-0.2, 0) is 0 Å². The average molecular weight is 226 g/mol. The van der Waals surface area contributed by atoms with Crippen molar-refractivity contribution >= 4 is 0 Å². The van der Waals surface area contributed by atoms with Gasteiger partial charge in [0.2, 0.25) is 0 Å². The highest BCUT2D eigenvalue weighted by molar-refractivity contribution is 4.82. The van der Waals surface area contributed by atoms with Crippen molar-refractivity contribution in [3.05, 3.63) is 0 Å². The van der Waals surface area contributed by atoms with Crippen LogP contribution >= 0.6 is 0 Å². The fourth-order valence-corrected chi connectivity index (χ4v) is 3.18. The first kappa shape index (κ1) is 12.3. The van der Waals surface area contributed by atoms with Gasteiger partial charge in [0.25, 0.3) is 0 Å². The molecule has 0 amide bonds. The largest absolute Gasteiger partial charge is 0.392 e. The number of rotatable bonds is 3. The number of aliphatic hydroxyl groups excluding tert-OH is 1. The maximum absolute atomic E-state index is 10.2. The van der Waals surface area contributed by atoms with Crippen LogP contribution in [0.4, 0.5) is 0 Å². The predicted molar refractivity (Wildman–Crippen MR) is 66.5 cm³/mol. The molecular formula is C13H26N2O. The lowest BCUT2D eigenvalue weighted by Crippen LogP contribution is -2.53. The summed E-state index contributed by atoms with van der Waals surface area (Å²) in [4.78, 5) is 4.84. The summed E-state index contributed by atoms with van der Waals surface area (Å²) in [6.07, 6.45) is 5.03. The van der Waals surface area contributed by atoms with Crippen molar-refractivity contribution in [1.29, 1.82) is 0 Å². The molecule has 2 aliphatic rings. The Labute approximate surface area is 99.4 Å². The fourth-order valence-electron chi connectivity index (χ4n) is 3.18. The molecule has 0 spiro atoms. The molecule has 0 bridgehead atoms. The van der Waals surface area contributed by atoms with Crippen LogP contribution in [-0.4, -0.2) is 60.3 Å². The van der Waals surface area contributed by atoms with Gasteiger partial charge in [-0.15, -0.1) is 0 Å². The summed E-state index contributed by atoms with van der Waals surface area (Å²) in [6.45, 7) is 6.55. The molecule has 2 fully saturated rings. The zero-order valence-electron chi connectivity index (χ0n) is 10.7. The highest BCUT2D eigenvalue weighted by Crippen LogP contribution is 2.28. The summed E-state index contributed by atoms with van der Waals surface area (Å²) < 4.78 is 0. The maximum Gasteiger partial charge on any atom is 0.0695 e. The molecule has 2 unspecified atom stereocenters. The Balaban J connectivity index is 1.79. The van der Waals surface area contributed by atoms with E-state index in [1.54, 1.807) is 0 Å². The highest BCUT2D eigenvalue weighted by atomic mass is 16.3. The third kappa shape index (κ3) is 2.96. The smallest absolute Gasteiger partial charge is 0.0695 e. The summed E-state index contributed by atoms with van der Waals surface area (Å²) in [7, 11) is 2.18. The number of piperazine rings is 1. The summed E-state index contributed by atoms with van der Waals surface area (Å²) in [5, 5.41) is 10.2. The van der Waals surface area contributed by atoms with E-state index < -0.39 is 0 Å². The molecule has 0 aromatic rings. The van der Waals surface area contributed by atoms with E-state index in [-0.39, 0.29) is 6.10 Å². The zero-order chi connectivity index (χ0) is 11.5. The molecular weight excluding hydrogens is 200 g/mol. The third-order valence-electron chi connectivity index (χ3n) is 4.33. The molecule has 2 atom stereocenters. The SMILES string of the molecule is CC1CN(C)CCN1CC(O)C1CCCC1. The van der Waals surface area contributed by atoms with E-state index in [9.17, 15) is 5.11 Å². The Morgan fingerprint density at radius 2 is 1.94 bits per heavy atom. The second-order valence-electron chi connectivity index (χ2n) is 5.72. The van der Waals surface area contributed by atoms with Crippen molar-refractivity contribution < 1.29 is 5.11 Å². The van der Waals surface area contributed by atoms with Crippen molar-refractivity contribution in [2.24, 2.45) is 5.92 Å². The molecule has 94 valence electrons. The van der Waals surface area contributed by atoms with E-state index >= 15 is 0 Å². The molecule has 1 aliphatic carbocycles. The van der Waals surface area contributed by atoms with Crippen LogP contribution in [0.2, 0.25) is 0 Å². The first-order valence-corrected chi connectivity index (χ1v) is 6.77. The van der Waals surface area contributed by atoms with Crippen molar-refractivity contribution in [1.82, 2.24) is 9.80 Å². The summed E-state index contributed by atoms with van der Waals surface area (Å²) in [5.41, 5.74) is 0. The van der Waals surface area contributed by atoms with Gasteiger partial charge in [-0.2, -0.15) is 0 Å². The zero-order valence-corrected chi connectivity index (χ0v) is 10.7. The molecule has 1 saturated carbocycles. The Bertz CT molecular complexity index is 216. The normalized spacial score (nSPS) is 32.1. The van der Waals surface area contributed by atoms with Crippen molar-refractivity contribution in [3.8, 4) is 0 Å². The van der Waals surface area contributed by atoms with E-state index in [1.165, 1.54) is 25.7 Å². The maximum atomic E-state index is 10.2. The molecule has 16 heavy (non-hydrogen) atoms. The molecule has 1 N–H and O–H groups in total. The van der Waals surface area contributed by atoms with Crippen LogP contribution in [0.25, 0.3) is 0 Å². The number of aliphatic hydroxyl groups is 1. The number of β-amino-alcohol motifs (C(OH)–C–C–N with tert-alkyl or cyclic N) is 1. The lowest BCUT2D eigenvalue weighted by Gasteiger charge is -2.39. The number of likely N-dealkylation sites (N-methyl/N-ethyl adjacent to an activating group) is 1. The minimum Gasteiger partial charge on any atom is -0.392 e. The lowest BCUT2D eigenvalue weighted by molar-refractivity contribution is 0.0232. The molecule has 3 nitrogen and oxygen atoms in total. The van der Waals surface area contributed by atoms with Crippen LogP contribution in [0.15, 0.2) is 0 Å². The van der Waals surface area contributed by atoms with E-state index in [1.807, 2.05) is 0 Å². The van der Waals surface area contributed by atoms with Gasteiger partial charge in [0.15, 0.2) is 0 Å². The number of hydrogen-bond donors (Lipinski definition) is 1. The van der Waals surface area contributed by atoms with Gasteiger partial charge in [0.05, 0.1) is 6.10 Å². The second kappa shape index (κ2) is 5.48. The average Bonchev–Trinajstić information content (AvgIpc) is 2.75. The van der Waals surface area contributed by atoms with Gasteiger partial charge in [-0.05, 0) is 32.7 Å². The van der Waals surface area contributed by atoms with Crippen LogP contribution in [0.1, 0.15) is 32.6 Å². The van der Waals surface area contributed by atoms with Gasteiger partial charge in [-0.1, -0.05) is 12.8 Å². The first-order valence-electron chi connectivity index (χ1n) is 6.77. The molecule has 2 rings (SSSR count).